The molecular weight excluding hydrogens is 457 g/mol. The molecule has 0 saturated heterocycles. The molecule has 0 fully saturated rings. The molecule has 0 unspecified atom stereocenters. The molecule has 2 N–H and O–H groups in total. The molecule has 0 aliphatic heterocycles. The summed E-state index contributed by atoms with van der Waals surface area (Å²) in [5, 5.41) is 6.10. The SMILES string of the molecule is O=C(CCNS(=O)(=O)c1ccc(Cl)c(C(F)(F)F)c1)Nc1cccc(-n2cccn2)c1. The highest BCUT2D eigenvalue weighted by Crippen LogP contribution is 2.35. The molecule has 0 aliphatic rings. The summed E-state index contributed by atoms with van der Waals surface area (Å²) < 4.78 is 67.1. The van der Waals surface area contributed by atoms with E-state index in [1.807, 2.05) is 0 Å². The van der Waals surface area contributed by atoms with Crippen molar-refractivity contribution in [2.24, 2.45) is 0 Å². The maximum Gasteiger partial charge on any atom is 0.417 e. The molecule has 0 bridgehead atoms. The number of aromatic nitrogens is 2. The van der Waals surface area contributed by atoms with Crippen molar-refractivity contribution in [2.45, 2.75) is 17.5 Å². The average molecular weight is 473 g/mol. The second-order valence-corrected chi connectivity index (χ2v) is 8.51. The number of amides is 1. The van der Waals surface area contributed by atoms with Crippen LogP contribution >= 0.6 is 11.6 Å². The van der Waals surface area contributed by atoms with Gasteiger partial charge >= 0.3 is 6.18 Å². The zero-order valence-electron chi connectivity index (χ0n) is 15.7. The summed E-state index contributed by atoms with van der Waals surface area (Å²) in [6, 6.07) is 10.9. The fraction of sp³-hybridized carbons (Fsp3) is 0.158. The number of carbonyl (C=O) groups is 1. The van der Waals surface area contributed by atoms with Gasteiger partial charge in [0.05, 0.1) is 21.2 Å². The lowest BCUT2D eigenvalue weighted by Gasteiger charge is -2.12. The Labute approximate surface area is 180 Å². The number of halogens is 4. The summed E-state index contributed by atoms with van der Waals surface area (Å²) in [4.78, 5) is 11.5. The monoisotopic (exact) mass is 472 g/mol. The lowest BCUT2D eigenvalue weighted by Crippen LogP contribution is -2.28. The number of alkyl halides is 3. The second kappa shape index (κ2) is 9.08. The van der Waals surface area contributed by atoms with Crippen molar-refractivity contribution >= 4 is 33.2 Å². The van der Waals surface area contributed by atoms with Crippen molar-refractivity contribution in [3.63, 3.8) is 0 Å². The number of sulfonamides is 1. The first-order valence-electron chi connectivity index (χ1n) is 8.82. The van der Waals surface area contributed by atoms with Crippen molar-refractivity contribution in [3.8, 4) is 5.69 Å². The van der Waals surface area contributed by atoms with E-state index >= 15 is 0 Å². The van der Waals surface area contributed by atoms with E-state index in [-0.39, 0.29) is 13.0 Å². The number of nitrogens with zero attached hydrogens (tertiary/aromatic N) is 2. The highest BCUT2D eigenvalue weighted by atomic mass is 35.5. The van der Waals surface area contributed by atoms with E-state index in [2.05, 4.69) is 15.1 Å². The van der Waals surface area contributed by atoms with Crippen LogP contribution in [0.3, 0.4) is 0 Å². The van der Waals surface area contributed by atoms with Gasteiger partial charge in [0.25, 0.3) is 0 Å². The van der Waals surface area contributed by atoms with E-state index in [1.165, 1.54) is 0 Å². The predicted molar refractivity (Wildman–Crippen MR) is 108 cm³/mol. The van der Waals surface area contributed by atoms with Crippen molar-refractivity contribution in [2.75, 3.05) is 11.9 Å². The van der Waals surface area contributed by atoms with Crippen LogP contribution in [-0.4, -0.2) is 30.7 Å². The molecule has 31 heavy (non-hydrogen) atoms. The molecule has 0 aliphatic carbocycles. The molecule has 0 radical (unpaired) electrons. The lowest BCUT2D eigenvalue weighted by molar-refractivity contribution is -0.137. The van der Waals surface area contributed by atoms with Crippen LogP contribution in [-0.2, 0) is 21.0 Å². The van der Waals surface area contributed by atoms with Gasteiger partial charge in [0, 0.05) is 31.0 Å². The van der Waals surface area contributed by atoms with Gasteiger partial charge in [0.2, 0.25) is 15.9 Å². The van der Waals surface area contributed by atoms with Gasteiger partial charge < -0.3 is 5.32 Å². The Bertz CT molecular complexity index is 1180. The number of hydrogen-bond donors (Lipinski definition) is 2. The summed E-state index contributed by atoms with van der Waals surface area (Å²) in [7, 11) is -4.26. The van der Waals surface area contributed by atoms with Gasteiger partial charge in [-0.2, -0.15) is 18.3 Å². The molecule has 0 saturated carbocycles. The van der Waals surface area contributed by atoms with Gasteiger partial charge in [-0.25, -0.2) is 17.8 Å². The second-order valence-electron chi connectivity index (χ2n) is 6.34. The lowest BCUT2D eigenvalue weighted by atomic mass is 10.2. The minimum absolute atomic E-state index is 0.231. The molecule has 3 rings (SSSR count). The highest BCUT2D eigenvalue weighted by molar-refractivity contribution is 7.89. The topological polar surface area (TPSA) is 93.1 Å². The number of carbonyl (C=O) groups excluding carboxylic acids is 1. The molecule has 1 aromatic heterocycles. The molecule has 1 amide bonds. The maximum absolute atomic E-state index is 12.9. The third-order valence-corrected chi connectivity index (χ3v) is 5.88. The van der Waals surface area contributed by atoms with Gasteiger partial charge in [0.1, 0.15) is 0 Å². The zero-order valence-corrected chi connectivity index (χ0v) is 17.3. The summed E-state index contributed by atoms with van der Waals surface area (Å²) in [5.74, 6) is -0.479. The Balaban J connectivity index is 1.60. The first kappa shape index (κ1) is 22.8. The first-order valence-corrected chi connectivity index (χ1v) is 10.7. The van der Waals surface area contributed by atoms with E-state index in [0.717, 1.165) is 12.1 Å². The predicted octanol–water partition coefficient (Wildman–Crippen LogP) is 3.85. The molecule has 7 nitrogen and oxygen atoms in total. The van der Waals surface area contributed by atoms with Gasteiger partial charge in [-0.3, -0.25) is 4.79 Å². The highest BCUT2D eigenvalue weighted by Gasteiger charge is 2.34. The molecule has 1 heterocycles. The van der Waals surface area contributed by atoms with Gasteiger partial charge in [-0.15, -0.1) is 0 Å². The minimum atomic E-state index is -4.80. The number of benzene rings is 2. The van der Waals surface area contributed by atoms with Gasteiger partial charge in [0.15, 0.2) is 0 Å². The fourth-order valence-corrected chi connectivity index (χ4v) is 3.92. The van der Waals surface area contributed by atoms with Crippen LogP contribution in [0.15, 0.2) is 65.8 Å². The van der Waals surface area contributed by atoms with Crippen LogP contribution in [0.1, 0.15) is 12.0 Å². The summed E-state index contributed by atoms with van der Waals surface area (Å²) in [6.45, 7) is -0.309. The van der Waals surface area contributed by atoms with Crippen LogP contribution in [0.2, 0.25) is 5.02 Å². The van der Waals surface area contributed by atoms with E-state index in [0.29, 0.717) is 17.4 Å². The Kier molecular flexibility index (Phi) is 6.68. The summed E-state index contributed by atoms with van der Waals surface area (Å²) in [6.07, 6.45) is -1.69. The van der Waals surface area contributed by atoms with E-state index < -0.39 is 37.6 Å². The Morgan fingerprint density at radius 2 is 1.90 bits per heavy atom. The van der Waals surface area contributed by atoms with Crippen LogP contribution < -0.4 is 10.0 Å². The van der Waals surface area contributed by atoms with E-state index in [1.54, 1.807) is 47.4 Å². The minimum Gasteiger partial charge on any atom is -0.326 e. The van der Waals surface area contributed by atoms with Crippen LogP contribution in [0.5, 0.6) is 0 Å². The Morgan fingerprint density at radius 3 is 2.58 bits per heavy atom. The zero-order chi connectivity index (χ0) is 22.6. The molecule has 12 heteroatoms. The van der Waals surface area contributed by atoms with Crippen molar-refractivity contribution in [1.29, 1.82) is 0 Å². The van der Waals surface area contributed by atoms with Gasteiger partial charge in [-0.05, 0) is 42.5 Å². The molecule has 3 aromatic rings. The van der Waals surface area contributed by atoms with Crippen LogP contribution in [0.25, 0.3) is 5.69 Å². The van der Waals surface area contributed by atoms with E-state index in [9.17, 15) is 26.4 Å². The normalized spacial score (nSPS) is 12.0. The van der Waals surface area contributed by atoms with Crippen molar-refractivity contribution < 1.29 is 26.4 Å². The molecule has 164 valence electrons. The Morgan fingerprint density at radius 1 is 1.13 bits per heavy atom. The first-order chi connectivity index (χ1) is 14.6. The van der Waals surface area contributed by atoms with Crippen molar-refractivity contribution in [3.05, 3.63) is 71.5 Å². The smallest absolute Gasteiger partial charge is 0.326 e. The van der Waals surface area contributed by atoms with Crippen molar-refractivity contribution in [1.82, 2.24) is 14.5 Å². The maximum atomic E-state index is 12.9. The fourth-order valence-electron chi connectivity index (χ4n) is 2.64. The third kappa shape index (κ3) is 5.84. The summed E-state index contributed by atoms with van der Waals surface area (Å²) >= 11 is 5.50. The quantitative estimate of drug-likeness (QED) is 0.546. The number of rotatable bonds is 7. The summed E-state index contributed by atoms with van der Waals surface area (Å²) in [5.41, 5.74) is -0.0630. The molecule has 2 aromatic carbocycles. The van der Waals surface area contributed by atoms with E-state index in [4.69, 9.17) is 11.6 Å². The van der Waals surface area contributed by atoms with Gasteiger partial charge in [-0.1, -0.05) is 17.7 Å². The molecule has 0 atom stereocenters. The van der Waals surface area contributed by atoms with Crippen LogP contribution in [0.4, 0.5) is 18.9 Å². The Hall–Kier alpha value is -2.89. The molecule has 0 spiro atoms. The number of nitrogens with one attached hydrogen (secondary N) is 2. The third-order valence-electron chi connectivity index (χ3n) is 4.10. The average Bonchev–Trinajstić information content (AvgIpc) is 3.22. The number of hydrogen-bond acceptors (Lipinski definition) is 4. The van der Waals surface area contributed by atoms with Crippen LogP contribution in [0, 0.1) is 0 Å². The standard InChI is InChI=1S/C19H16ClF3N4O3S/c20-17-6-5-15(12-16(17)19(21,22)23)31(29,30)25-9-7-18(28)26-13-3-1-4-14(11-13)27-10-2-8-24-27/h1-6,8,10-12,25H,7,9H2,(H,26,28). The molecular formula is C19H16ClF3N4O3S. The number of anilines is 1. The largest absolute Gasteiger partial charge is 0.417 e.